The topological polar surface area (TPSA) is 89.3 Å². The van der Waals surface area contributed by atoms with E-state index in [1.165, 1.54) is 0 Å². The Morgan fingerprint density at radius 1 is 1.36 bits per heavy atom. The number of carbonyl (C=O) groups is 1. The first kappa shape index (κ1) is 16.1. The van der Waals surface area contributed by atoms with Crippen LogP contribution in [0.25, 0.3) is 0 Å². The van der Waals surface area contributed by atoms with Gasteiger partial charge >= 0.3 is 0 Å². The lowest BCUT2D eigenvalue weighted by atomic mass is 9.92. The number of aromatic nitrogens is 2. The molecule has 2 fully saturated rings. The summed E-state index contributed by atoms with van der Waals surface area (Å²) in [7, 11) is 0. The minimum Gasteiger partial charge on any atom is -0.484 e. The van der Waals surface area contributed by atoms with Crippen LogP contribution in [0, 0.1) is 18.3 Å². The Bertz CT molecular complexity index is 750. The van der Waals surface area contributed by atoms with Crippen molar-refractivity contribution in [1.82, 2.24) is 15.5 Å². The van der Waals surface area contributed by atoms with Gasteiger partial charge in [-0.25, -0.2) is 0 Å². The van der Waals surface area contributed by atoms with Gasteiger partial charge in [0.25, 0.3) is 5.89 Å². The summed E-state index contributed by atoms with van der Waals surface area (Å²) < 4.78 is 10.6. The number of nitrogens with one attached hydrogen (secondary N) is 2. The summed E-state index contributed by atoms with van der Waals surface area (Å²) in [6, 6.07) is 7.35. The minimum atomic E-state index is 0.136. The number of piperidine rings is 1. The highest BCUT2D eigenvalue weighted by molar-refractivity contribution is 5.95. The van der Waals surface area contributed by atoms with Crippen LogP contribution in [0.2, 0.25) is 0 Å². The number of ether oxygens (including phenoxy) is 1. The highest BCUT2D eigenvalue weighted by Crippen LogP contribution is 2.58. The highest BCUT2D eigenvalue weighted by atomic mass is 16.5. The zero-order valence-electron chi connectivity index (χ0n) is 14.2. The molecule has 1 aliphatic carbocycles. The second-order valence-corrected chi connectivity index (χ2v) is 6.91. The second-order valence-electron chi connectivity index (χ2n) is 6.91. The lowest BCUT2D eigenvalue weighted by Crippen LogP contribution is -2.31. The molecule has 7 heteroatoms. The molecule has 1 saturated carbocycles. The van der Waals surface area contributed by atoms with Gasteiger partial charge < -0.3 is 19.9 Å². The maximum Gasteiger partial charge on any atom is 0.264 e. The van der Waals surface area contributed by atoms with Gasteiger partial charge in [-0.15, -0.1) is 0 Å². The quantitative estimate of drug-likeness (QED) is 0.866. The minimum absolute atomic E-state index is 0.136. The van der Waals surface area contributed by atoms with Gasteiger partial charge in [0.2, 0.25) is 5.91 Å². The Morgan fingerprint density at radius 3 is 2.80 bits per heavy atom. The standard InChI is InChI=1S/C18H22N4O3/c1-12-20-16(25-22-12)11-24-14-4-2-13(3-5-14)21-17(23)15-10-18(15)6-8-19-9-7-18/h2-5,15,19H,6-11H2,1H3,(H,21,23). The summed E-state index contributed by atoms with van der Waals surface area (Å²) in [5.41, 5.74) is 1.04. The van der Waals surface area contributed by atoms with E-state index in [4.69, 9.17) is 9.26 Å². The van der Waals surface area contributed by atoms with Crippen molar-refractivity contribution in [2.45, 2.75) is 32.8 Å². The lowest BCUT2D eigenvalue weighted by molar-refractivity contribution is -0.118. The van der Waals surface area contributed by atoms with Crippen LogP contribution in [0.3, 0.4) is 0 Å². The predicted octanol–water partition coefficient (Wildman–Crippen LogP) is 2.29. The number of anilines is 1. The maximum absolute atomic E-state index is 12.5. The van der Waals surface area contributed by atoms with E-state index in [2.05, 4.69) is 20.8 Å². The van der Waals surface area contributed by atoms with Gasteiger partial charge in [-0.3, -0.25) is 4.79 Å². The molecule has 0 radical (unpaired) electrons. The number of rotatable bonds is 5. The predicted molar refractivity (Wildman–Crippen MR) is 91.1 cm³/mol. The maximum atomic E-state index is 12.5. The van der Waals surface area contributed by atoms with Crippen molar-refractivity contribution in [3.8, 4) is 5.75 Å². The molecule has 132 valence electrons. The number of aryl methyl sites for hydroxylation is 1. The SMILES string of the molecule is Cc1noc(COc2ccc(NC(=O)C3CC34CCNCC4)cc2)n1. The normalized spacial score (nSPS) is 21.1. The summed E-state index contributed by atoms with van der Waals surface area (Å²) in [6.45, 7) is 4.04. The number of nitrogens with zero attached hydrogens (tertiary/aromatic N) is 2. The molecule has 4 rings (SSSR count). The summed E-state index contributed by atoms with van der Waals surface area (Å²) in [6.07, 6.45) is 3.23. The van der Waals surface area contributed by atoms with Crippen molar-refractivity contribution in [1.29, 1.82) is 0 Å². The Labute approximate surface area is 146 Å². The summed E-state index contributed by atoms with van der Waals surface area (Å²) >= 11 is 0. The van der Waals surface area contributed by atoms with Gasteiger partial charge in [0.15, 0.2) is 12.4 Å². The molecule has 2 aliphatic rings. The zero-order chi connectivity index (χ0) is 17.3. The lowest BCUT2D eigenvalue weighted by Gasteiger charge is -2.23. The summed E-state index contributed by atoms with van der Waals surface area (Å²) in [5.74, 6) is 2.01. The van der Waals surface area contributed by atoms with E-state index in [-0.39, 0.29) is 23.8 Å². The molecule has 7 nitrogen and oxygen atoms in total. The molecule has 2 heterocycles. The molecule has 1 unspecified atom stereocenters. The van der Waals surface area contributed by atoms with Gasteiger partial charge in [-0.05, 0) is 69.0 Å². The average Bonchev–Trinajstić information content (AvgIpc) is 3.14. The number of benzene rings is 1. The second kappa shape index (κ2) is 6.48. The van der Waals surface area contributed by atoms with Crippen molar-refractivity contribution in [3.63, 3.8) is 0 Å². The smallest absolute Gasteiger partial charge is 0.264 e. The summed E-state index contributed by atoms with van der Waals surface area (Å²) in [4.78, 5) is 16.5. The van der Waals surface area contributed by atoms with E-state index in [9.17, 15) is 4.79 Å². The van der Waals surface area contributed by atoms with Gasteiger partial charge in [0, 0.05) is 11.6 Å². The molecular weight excluding hydrogens is 320 g/mol. The zero-order valence-corrected chi connectivity index (χ0v) is 14.2. The third-order valence-electron chi connectivity index (χ3n) is 5.16. The van der Waals surface area contributed by atoms with Crippen molar-refractivity contribution in [2.24, 2.45) is 11.3 Å². The third-order valence-corrected chi connectivity index (χ3v) is 5.16. The molecule has 1 aromatic heterocycles. The number of hydrogen-bond acceptors (Lipinski definition) is 6. The Kier molecular flexibility index (Phi) is 4.17. The van der Waals surface area contributed by atoms with E-state index < -0.39 is 0 Å². The molecule has 1 aliphatic heterocycles. The van der Waals surface area contributed by atoms with Crippen LogP contribution >= 0.6 is 0 Å². The summed E-state index contributed by atoms with van der Waals surface area (Å²) in [5, 5.41) is 10.1. The first-order valence-corrected chi connectivity index (χ1v) is 8.68. The third kappa shape index (κ3) is 3.51. The fourth-order valence-corrected chi connectivity index (χ4v) is 3.60. The molecule has 1 spiro atoms. The van der Waals surface area contributed by atoms with E-state index in [1.807, 2.05) is 24.3 Å². The van der Waals surface area contributed by atoms with Gasteiger partial charge in [0.05, 0.1) is 0 Å². The Hall–Kier alpha value is -2.41. The van der Waals surface area contributed by atoms with Crippen LogP contribution in [-0.2, 0) is 11.4 Å². The molecular formula is C18H22N4O3. The molecule has 1 amide bonds. The van der Waals surface area contributed by atoms with Crippen LogP contribution < -0.4 is 15.4 Å². The molecule has 1 atom stereocenters. The highest BCUT2D eigenvalue weighted by Gasteiger charge is 2.57. The molecule has 2 N–H and O–H groups in total. The Morgan fingerprint density at radius 2 is 2.12 bits per heavy atom. The molecule has 1 aromatic carbocycles. The monoisotopic (exact) mass is 342 g/mol. The van der Waals surface area contributed by atoms with Crippen molar-refractivity contribution in [3.05, 3.63) is 36.0 Å². The van der Waals surface area contributed by atoms with Crippen LogP contribution in [0.1, 0.15) is 31.0 Å². The average molecular weight is 342 g/mol. The fraction of sp³-hybridized carbons (Fsp3) is 0.500. The first-order chi connectivity index (χ1) is 12.1. The van der Waals surface area contributed by atoms with Crippen molar-refractivity contribution >= 4 is 11.6 Å². The number of hydrogen-bond donors (Lipinski definition) is 2. The van der Waals surface area contributed by atoms with E-state index >= 15 is 0 Å². The van der Waals surface area contributed by atoms with E-state index in [0.29, 0.717) is 17.5 Å². The van der Waals surface area contributed by atoms with Crippen LogP contribution in [0.5, 0.6) is 5.75 Å². The van der Waals surface area contributed by atoms with Crippen molar-refractivity contribution < 1.29 is 14.1 Å². The molecule has 1 saturated heterocycles. The molecule has 25 heavy (non-hydrogen) atoms. The fourth-order valence-electron chi connectivity index (χ4n) is 3.60. The van der Waals surface area contributed by atoms with E-state index in [0.717, 1.165) is 38.0 Å². The van der Waals surface area contributed by atoms with Gasteiger partial charge in [-0.2, -0.15) is 4.98 Å². The molecule has 2 aromatic rings. The van der Waals surface area contributed by atoms with E-state index in [1.54, 1.807) is 6.92 Å². The van der Waals surface area contributed by atoms with Crippen LogP contribution in [0.4, 0.5) is 5.69 Å². The molecule has 0 bridgehead atoms. The van der Waals surface area contributed by atoms with Crippen molar-refractivity contribution in [2.75, 3.05) is 18.4 Å². The first-order valence-electron chi connectivity index (χ1n) is 8.68. The van der Waals surface area contributed by atoms with Gasteiger partial charge in [0.1, 0.15) is 5.75 Å². The number of carbonyl (C=O) groups excluding carboxylic acids is 1. The van der Waals surface area contributed by atoms with Gasteiger partial charge in [-0.1, -0.05) is 5.16 Å². The largest absolute Gasteiger partial charge is 0.484 e. The van der Waals surface area contributed by atoms with Crippen LogP contribution in [0.15, 0.2) is 28.8 Å². The number of amides is 1. The Balaban J connectivity index is 1.29. The van der Waals surface area contributed by atoms with Crippen LogP contribution in [-0.4, -0.2) is 29.1 Å².